The summed E-state index contributed by atoms with van der Waals surface area (Å²) in [5, 5.41) is 12.1. The summed E-state index contributed by atoms with van der Waals surface area (Å²) >= 11 is 0. The minimum Gasteiger partial charge on any atom is -0.450 e. The highest BCUT2D eigenvalue weighted by atomic mass is 16.8. The maximum atomic E-state index is 13.7. The first-order valence-electron chi connectivity index (χ1n) is 22.4. The smallest absolute Gasteiger partial charge is 0.338 e. The predicted octanol–water partition coefficient (Wildman–Crippen LogP) is 8.13. The van der Waals surface area contributed by atoms with E-state index in [0.717, 1.165) is 27.8 Å². The standard InChI is InChI=1S/C54H54O12/c55-45-46-43(35-61-52(66-46)42-29-17-6-18-30-42)63-53(48(45)65-51(56)41-27-15-5-16-28-41)62-36-44-47(57-31-37-19-7-1-8-20-37)49(58-32-38-21-9-2-10-22-38)50(59-33-39-23-11-3-12-24-39)54(64-44)60-34-40-25-13-4-14-26-40/h1-30,43-50,52-55H,31-36H2/t43-,44-,45+,46-,47-,48-,49+,50+,52?,53-,54+/m1/s1. The fourth-order valence-corrected chi connectivity index (χ4v) is 8.33. The summed E-state index contributed by atoms with van der Waals surface area (Å²) in [6.07, 6.45) is -10.6. The maximum Gasteiger partial charge on any atom is 0.338 e. The van der Waals surface area contributed by atoms with Gasteiger partial charge in [0.2, 0.25) is 0 Å². The van der Waals surface area contributed by atoms with E-state index >= 15 is 0 Å². The van der Waals surface area contributed by atoms with E-state index in [4.69, 9.17) is 47.4 Å². The van der Waals surface area contributed by atoms with Crippen molar-refractivity contribution in [2.45, 2.75) is 94.1 Å². The number of ether oxygens (including phenoxy) is 10. The van der Waals surface area contributed by atoms with Crippen LogP contribution in [0.2, 0.25) is 0 Å². The normalized spacial score (nSPS) is 27.4. The fourth-order valence-electron chi connectivity index (χ4n) is 8.33. The van der Waals surface area contributed by atoms with Gasteiger partial charge in [-0.1, -0.05) is 170 Å². The molecule has 11 atom stereocenters. The molecule has 12 heteroatoms. The Bertz CT molecular complexity index is 2340. The van der Waals surface area contributed by atoms with Crippen molar-refractivity contribution in [2.75, 3.05) is 13.2 Å². The first-order valence-corrected chi connectivity index (χ1v) is 22.4. The number of hydrogen-bond acceptors (Lipinski definition) is 12. The lowest BCUT2D eigenvalue weighted by atomic mass is 9.96. The Morgan fingerprint density at radius 1 is 0.485 bits per heavy atom. The van der Waals surface area contributed by atoms with Gasteiger partial charge in [0.1, 0.15) is 42.7 Å². The highest BCUT2D eigenvalue weighted by molar-refractivity contribution is 5.89. The number of aliphatic hydroxyl groups is 1. The zero-order chi connectivity index (χ0) is 44.9. The Morgan fingerprint density at radius 2 is 0.939 bits per heavy atom. The highest BCUT2D eigenvalue weighted by Gasteiger charge is 2.54. The molecule has 3 aliphatic rings. The van der Waals surface area contributed by atoms with Gasteiger partial charge in [0.15, 0.2) is 25.0 Å². The molecular weight excluding hydrogens is 841 g/mol. The van der Waals surface area contributed by atoms with Crippen LogP contribution in [0.4, 0.5) is 0 Å². The number of benzene rings is 6. The minimum atomic E-state index is -1.37. The van der Waals surface area contributed by atoms with E-state index in [0.29, 0.717) is 5.56 Å². The molecule has 3 aliphatic heterocycles. The van der Waals surface area contributed by atoms with Gasteiger partial charge in [-0.05, 0) is 34.4 Å². The van der Waals surface area contributed by atoms with E-state index in [2.05, 4.69) is 0 Å². The number of esters is 1. The third-order valence-electron chi connectivity index (χ3n) is 11.8. The molecule has 3 saturated heterocycles. The number of hydrogen-bond donors (Lipinski definition) is 1. The summed E-state index contributed by atoms with van der Waals surface area (Å²) in [6.45, 7) is 0.835. The second kappa shape index (κ2) is 22.7. The predicted molar refractivity (Wildman–Crippen MR) is 241 cm³/mol. The number of fused-ring (bicyclic) bond motifs is 1. The average Bonchev–Trinajstić information content (AvgIpc) is 3.38. The molecule has 0 spiro atoms. The van der Waals surface area contributed by atoms with Crippen LogP contribution in [-0.2, 0) is 73.8 Å². The molecule has 1 N–H and O–H groups in total. The Hall–Kier alpha value is -5.61. The molecule has 12 nitrogen and oxygen atoms in total. The summed E-state index contributed by atoms with van der Waals surface area (Å²) in [4.78, 5) is 13.7. The second-order valence-electron chi connectivity index (χ2n) is 16.4. The summed E-state index contributed by atoms with van der Waals surface area (Å²) in [5.74, 6) is -0.665. The van der Waals surface area contributed by atoms with Crippen molar-refractivity contribution >= 4 is 5.97 Å². The van der Waals surface area contributed by atoms with E-state index in [-0.39, 0.29) is 39.6 Å². The quantitative estimate of drug-likeness (QED) is 0.0837. The molecule has 342 valence electrons. The number of aliphatic hydroxyl groups excluding tert-OH is 1. The van der Waals surface area contributed by atoms with Crippen LogP contribution in [0, 0.1) is 0 Å². The monoisotopic (exact) mass is 894 g/mol. The molecule has 3 fully saturated rings. The Kier molecular flexibility index (Phi) is 15.7. The molecule has 0 bridgehead atoms. The molecule has 0 radical (unpaired) electrons. The zero-order valence-corrected chi connectivity index (χ0v) is 36.4. The number of rotatable bonds is 18. The van der Waals surface area contributed by atoms with Gasteiger partial charge in [-0.15, -0.1) is 0 Å². The number of carbonyl (C=O) groups is 1. The fraction of sp³-hybridized carbons (Fsp3) is 0.315. The van der Waals surface area contributed by atoms with Crippen LogP contribution in [0.5, 0.6) is 0 Å². The third-order valence-corrected chi connectivity index (χ3v) is 11.8. The van der Waals surface area contributed by atoms with Crippen LogP contribution in [0.15, 0.2) is 182 Å². The van der Waals surface area contributed by atoms with Crippen LogP contribution >= 0.6 is 0 Å². The van der Waals surface area contributed by atoms with Crippen LogP contribution in [0.1, 0.15) is 44.5 Å². The van der Waals surface area contributed by atoms with Gasteiger partial charge in [0.05, 0.1) is 45.2 Å². The molecule has 0 aromatic heterocycles. The Balaban J connectivity index is 1.03. The topological polar surface area (TPSA) is 130 Å². The molecule has 66 heavy (non-hydrogen) atoms. The highest BCUT2D eigenvalue weighted by Crippen LogP contribution is 2.37. The largest absolute Gasteiger partial charge is 0.450 e. The van der Waals surface area contributed by atoms with Crippen molar-refractivity contribution in [3.63, 3.8) is 0 Å². The summed E-state index contributed by atoms with van der Waals surface area (Å²) in [5.41, 5.74) is 4.86. The lowest BCUT2D eigenvalue weighted by molar-refractivity contribution is -0.370. The van der Waals surface area contributed by atoms with Crippen LogP contribution in [0.3, 0.4) is 0 Å². The van der Waals surface area contributed by atoms with E-state index in [9.17, 15) is 9.90 Å². The van der Waals surface area contributed by atoms with Crippen molar-refractivity contribution in [1.29, 1.82) is 0 Å². The molecule has 3 heterocycles. The second-order valence-corrected chi connectivity index (χ2v) is 16.4. The van der Waals surface area contributed by atoms with Crippen LogP contribution in [-0.4, -0.2) is 85.7 Å². The Morgan fingerprint density at radius 3 is 1.48 bits per heavy atom. The Labute approximate surface area is 384 Å². The van der Waals surface area contributed by atoms with Crippen LogP contribution < -0.4 is 0 Å². The molecular formula is C54H54O12. The first-order chi connectivity index (χ1) is 32.6. The summed E-state index contributed by atoms with van der Waals surface area (Å²) in [7, 11) is 0. The molecule has 9 rings (SSSR count). The maximum absolute atomic E-state index is 13.7. The molecule has 6 aromatic carbocycles. The average molecular weight is 895 g/mol. The van der Waals surface area contributed by atoms with Gasteiger partial charge in [0, 0.05) is 5.56 Å². The first kappa shape index (κ1) is 45.5. The van der Waals surface area contributed by atoms with Crippen molar-refractivity contribution < 1.29 is 57.3 Å². The van der Waals surface area contributed by atoms with Gasteiger partial charge >= 0.3 is 5.97 Å². The SMILES string of the molecule is O=C(O[C@H]1[C@H](OC[C@H]2O[C@H](OCc3ccccc3)[C@@H](OCc3ccccc3)[C@@H](OCc3ccccc3)[C@@H]2OCc2ccccc2)O[C@@H]2COC(c3ccccc3)O[C@H]2[C@@H]1O)c1ccccc1. The molecule has 0 saturated carbocycles. The van der Waals surface area contributed by atoms with Gasteiger partial charge in [0.25, 0.3) is 0 Å². The van der Waals surface area contributed by atoms with Crippen molar-refractivity contribution in [1.82, 2.24) is 0 Å². The molecule has 0 aliphatic carbocycles. The molecule has 6 aromatic rings. The van der Waals surface area contributed by atoms with E-state index < -0.39 is 73.7 Å². The van der Waals surface area contributed by atoms with E-state index in [1.54, 1.807) is 30.3 Å². The van der Waals surface area contributed by atoms with Crippen molar-refractivity contribution in [2.24, 2.45) is 0 Å². The lowest BCUT2D eigenvalue weighted by Gasteiger charge is -2.48. The van der Waals surface area contributed by atoms with E-state index in [1.165, 1.54) is 0 Å². The van der Waals surface area contributed by atoms with Gasteiger partial charge in [-0.3, -0.25) is 0 Å². The van der Waals surface area contributed by atoms with Crippen LogP contribution in [0.25, 0.3) is 0 Å². The third kappa shape index (κ3) is 11.7. The summed E-state index contributed by atoms with van der Waals surface area (Å²) < 4.78 is 65.7. The molecule has 0 amide bonds. The van der Waals surface area contributed by atoms with E-state index in [1.807, 2.05) is 152 Å². The van der Waals surface area contributed by atoms with Crippen molar-refractivity contribution in [3.8, 4) is 0 Å². The van der Waals surface area contributed by atoms with Gasteiger partial charge < -0.3 is 52.5 Å². The minimum absolute atomic E-state index is 0.0779. The lowest BCUT2D eigenvalue weighted by Crippen LogP contribution is -2.64. The van der Waals surface area contributed by atoms with Crippen molar-refractivity contribution in [3.05, 3.63) is 215 Å². The van der Waals surface area contributed by atoms with Gasteiger partial charge in [-0.2, -0.15) is 0 Å². The van der Waals surface area contributed by atoms with Gasteiger partial charge in [-0.25, -0.2) is 4.79 Å². The number of carbonyl (C=O) groups excluding carboxylic acids is 1. The summed E-state index contributed by atoms with van der Waals surface area (Å²) in [6, 6.07) is 57.4. The zero-order valence-electron chi connectivity index (χ0n) is 36.4. The molecule has 1 unspecified atom stereocenters.